The second kappa shape index (κ2) is 6.55. The van der Waals surface area contributed by atoms with Crippen molar-refractivity contribution in [3.05, 3.63) is 60.3 Å². The average Bonchev–Trinajstić information content (AvgIpc) is 3.35. The molecule has 0 aliphatic carbocycles. The van der Waals surface area contributed by atoms with E-state index in [2.05, 4.69) is 22.9 Å². The number of nitrogens with one attached hydrogen (secondary N) is 2. The third kappa shape index (κ3) is 2.97. The normalized spacial score (nSPS) is 18.4. The molecule has 3 heterocycles. The molecule has 5 rings (SSSR count). The summed E-state index contributed by atoms with van der Waals surface area (Å²) in [5.74, 6) is 1.48. The van der Waals surface area contributed by atoms with Crippen LogP contribution in [0.5, 0.6) is 11.5 Å². The van der Waals surface area contributed by atoms with Crippen LogP contribution in [0.2, 0.25) is 0 Å². The van der Waals surface area contributed by atoms with Crippen LogP contribution < -0.4 is 20.2 Å². The monoisotopic (exact) mass is 380 g/mol. The number of hydrogen-bond acceptors (Lipinski definition) is 7. The molecule has 8 heteroatoms. The summed E-state index contributed by atoms with van der Waals surface area (Å²) in [6.45, 7) is 0.210. The Bertz CT molecular complexity index is 975. The van der Waals surface area contributed by atoms with E-state index < -0.39 is 0 Å². The fraction of sp³-hybridized carbons (Fsp3) is 0.158. The van der Waals surface area contributed by atoms with Crippen LogP contribution in [0.15, 0.2) is 59.7 Å². The number of aliphatic imine (C=N–C) groups is 1. The molecule has 0 radical (unpaired) electrons. The van der Waals surface area contributed by atoms with Crippen molar-refractivity contribution in [3.63, 3.8) is 0 Å². The van der Waals surface area contributed by atoms with Crippen molar-refractivity contribution in [2.75, 3.05) is 17.9 Å². The molecule has 0 unspecified atom stereocenters. The number of hydrazine groups is 1. The summed E-state index contributed by atoms with van der Waals surface area (Å²) >= 11 is 1.40. The van der Waals surface area contributed by atoms with Crippen LogP contribution in [0, 0.1) is 0 Å². The first-order valence-electron chi connectivity index (χ1n) is 8.50. The molecule has 3 aliphatic heterocycles. The number of hydrogen-bond donors (Lipinski definition) is 2. The summed E-state index contributed by atoms with van der Waals surface area (Å²) in [6, 6.07) is 13.5. The van der Waals surface area contributed by atoms with Gasteiger partial charge in [-0.1, -0.05) is 30.0 Å². The molecule has 2 aromatic rings. The Labute approximate surface area is 160 Å². The van der Waals surface area contributed by atoms with E-state index in [1.165, 1.54) is 11.8 Å². The third-order valence-corrected chi connectivity index (χ3v) is 5.39. The molecule has 0 saturated heterocycles. The van der Waals surface area contributed by atoms with Crippen LogP contribution in [-0.2, 0) is 4.79 Å². The predicted molar refractivity (Wildman–Crippen MR) is 104 cm³/mol. The van der Waals surface area contributed by atoms with E-state index in [4.69, 9.17) is 14.5 Å². The number of carbonyl (C=O) groups is 1. The van der Waals surface area contributed by atoms with Crippen LogP contribution in [-0.4, -0.2) is 28.6 Å². The van der Waals surface area contributed by atoms with Gasteiger partial charge in [0, 0.05) is 23.5 Å². The molecule has 1 atom stereocenters. The van der Waals surface area contributed by atoms with Crippen molar-refractivity contribution >= 4 is 34.2 Å². The van der Waals surface area contributed by atoms with Gasteiger partial charge in [-0.2, -0.15) is 0 Å². The van der Waals surface area contributed by atoms with Gasteiger partial charge in [0.05, 0.1) is 17.5 Å². The number of para-hydroxylation sites is 1. The van der Waals surface area contributed by atoms with Gasteiger partial charge in [-0.15, -0.1) is 0 Å². The highest BCUT2D eigenvalue weighted by Crippen LogP contribution is 2.38. The number of ether oxygens (including phenoxy) is 2. The first-order chi connectivity index (χ1) is 13.3. The predicted octanol–water partition coefficient (Wildman–Crippen LogP) is 3.16. The van der Waals surface area contributed by atoms with Crippen LogP contribution in [0.1, 0.15) is 11.6 Å². The zero-order valence-electron chi connectivity index (χ0n) is 14.2. The Morgan fingerprint density at radius 2 is 2.15 bits per heavy atom. The van der Waals surface area contributed by atoms with Crippen molar-refractivity contribution in [2.24, 2.45) is 4.99 Å². The minimum atomic E-state index is -0.107. The zero-order chi connectivity index (χ0) is 18.2. The Morgan fingerprint density at radius 1 is 1.26 bits per heavy atom. The maximum atomic E-state index is 12.4. The molecule has 2 N–H and O–H groups in total. The summed E-state index contributed by atoms with van der Waals surface area (Å²) in [5.41, 5.74) is 5.95. The minimum absolute atomic E-state index is 0.0955. The molecule has 7 nitrogen and oxygen atoms in total. The topological polar surface area (TPSA) is 75.2 Å². The fourth-order valence-corrected chi connectivity index (χ4v) is 4.00. The summed E-state index contributed by atoms with van der Waals surface area (Å²) < 4.78 is 10.6. The highest BCUT2D eigenvalue weighted by Gasteiger charge is 2.31. The van der Waals surface area contributed by atoms with Crippen LogP contribution >= 0.6 is 11.8 Å². The average molecular weight is 380 g/mol. The van der Waals surface area contributed by atoms with E-state index in [9.17, 15) is 4.79 Å². The van der Waals surface area contributed by atoms with Crippen molar-refractivity contribution in [1.82, 2.24) is 10.4 Å². The van der Waals surface area contributed by atoms with E-state index >= 15 is 0 Å². The van der Waals surface area contributed by atoms with Gasteiger partial charge in [0.25, 0.3) is 0 Å². The Morgan fingerprint density at radius 3 is 3.11 bits per heavy atom. The Kier molecular flexibility index (Phi) is 3.90. The molecule has 0 spiro atoms. The van der Waals surface area contributed by atoms with Crippen LogP contribution in [0.4, 0.5) is 11.4 Å². The number of anilines is 1. The number of carbonyl (C=O) groups excluding carboxylic acids is 1. The molecular formula is C19H16N4O3S. The van der Waals surface area contributed by atoms with Crippen molar-refractivity contribution in [2.45, 2.75) is 6.04 Å². The lowest BCUT2D eigenvalue weighted by Gasteiger charge is -2.31. The standard InChI is InChI=1S/C19H16N4O3S/c24-18(21-12-5-6-16-17(9-12)26-11-25-16)10-27-19-22-14-4-2-1-3-13(14)15-7-8-20-23(15)19/h1-9,15,20H,10-11H2,(H,21,24)/t15-/m0/s1. The molecule has 0 bridgehead atoms. The quantitative estimate of drug-likeness (QED) is 0.852. The summed E-state index contributed by atoms with van der Waals surface area (Å²) in [5, 5.41) is 5.63. The van der Waals surface area contributed by atoms with Crippen molar-refractivity contribution in [1.29, 1.82) is 0 Å². The van der Waals surface area contributed by atoms with Crippen LogP contribution in [0.3, 0.4) is 0 Å². The summed E-state index contributed by atoms with van der Waals surface area (Å²) in [6.07, 6.45) is 3.98. The third-order valence-electron chi connectivity index (χ3n) is 4.44. The molecule has 0 saturated carbocycles. The first-order valence-corrected chi connectivity index (χ1v) is 9.48. The lowest BCUT2D eigenvalue weighted by atomic mass is 10.0. The zero-order valence-corrected chi connectivity index (χ0v) is 15.0. The smallest absolute Gasteiger partial charge is 0.234 e. The number of rotatable bonds is 3. The summed E-state index contributed by atoms with van der Waals surface area (Å²) in [4.78, 5) is 17.1. The van der Waals surface area contributed by atoms with E-state index in [1.807, 2.05) is 29.4 Å². The molecule has 27 heavy (non-hydrogen) atoms. The van der Waals surface area contributed by atoms with Gasteiger partial charge in [0.2, 0.25) is 12.7 Å². The van der Waals surface area contributed by atoms with Crippen molar-refractivity contribution < 1.29 is 14.3 Å². The first kappa shape index (κ1) is 16.1. The van der Waals surface area contributed by atoms with E-state index in [-0.39, 0.29) is 24.5 Å². The molecule has 136 valence electrons. The molecule has 1 amide bonds. The fourth-order valence-electron chi connectivity index (χ4n) is 3.20. The number of fused-ring (bicyclic) bond motifs is 4. The number of amidine groups is 1. The Hall–Kier alpha value is -3.13. The summed E-state index contributed by atoms with van der Waals surface area (Å²) in [7, 11) is 0. The van der Waals surface area contributed by atoms with Gasteiger partial charge in [-0.25, -0.2) is 4.99 Å². The minimum Gasteiger partial charge on any atom is -0.454 e. The van der Waals surface area contributed by atoms with Gasteiger partial charge in [-0.3, -0.25) is 9.80 Å². The molecule has 0 aromatic heterocycles. The highest BCUT2D eigenvalue weighted by molar-refractivity contribution is 8.14. The SMILES string of the molecule is O=C(CSC1=Nc2ccccc2[C@@H]2C=CNN12)Nc1ccc2c(c1)OCO2. The number of amides is 1. The Balaban J connectivity index is 1.27. The van der Waals surface area contributed by atoms with Crippen molar-refractivity contribution in [3.8, 4) is 11.5 Å². The number of nitrogens with zero attached hydrogens (tertiary/aromatic N) is 2. The largest absolute Gasteiger partial charge is 0.454 e. The van der Waals surface area contributed by atoms with Crippen LogP contribution in [0.25, 0.3) is 0 Å². The number of benzene rings is 2. The molecule has 0 fully saturated rings. The van der Waals surface area contributed by atoms with E-state index in [0.29, 0.717) is 17.2 Å². The lowest BCUT2D eigenvalue weighted by Crippen LogP contribution is -2.39. The van der Waals surface area contributed by atoms with Gasteiger partial charge >= 0.3 is 0 Å². The molecular weight excluding hydrogens is 364 g/mol. The van der Waals surface area contributed by atoms with E-state index in [1.54, 1.807) is 18.2 Å². The van der Waals surface area contributed by atoms with Gasteiger partial charge in [0.1, 0.15) is 0 Å². The van der Waals surface area contributed by atoms with Gasteiger partial charge < -0.3 is 20.2 Å². The number of thioether (sulfide) groups is 1. The van der Waals surface area contributed by atoms with Gasteiger partial charge in [-0.05, 0) is 24.3 Å². The van der Waals surface area contributed by atoms with E-state index in [0.717, 1.165) is 16.4 Å². The second-order valence-corrected chi connectivity index (χ2v) is 7.10. The highest BCUT2D eigenvalue weighted by atomic mass is 32.2. The maximum absolute atomic E-state index is 12.4. The lowest BCUT2D eigenvalue weighted by molar-refractivity contribution is -0.113. The second-order valence-electron chi connectivity index (χ2n) is 6.16. The molecule has 3 aliphatic rings. The maximum Gasteiger partial charge on any atom is 0.234 e. The van der Waals surface area contributed by atoms with Gasteiger partial charge in [0.15, 0.2) is 16.7 Å². The molecule has 2 aromatic carbocycles.